The van der Waals surface area contributed by atoms with Crippen molar-refractivity contribution >= 4 is 27.9 Å². The van der Waals surface area contributed by atoms with Gasteiger partial charge in [0.15, 0.2) is 5.54 Å². The third-order valence-corrected chi connectivity index (χ3v) is 7.47. The van der Waals surface area contributed by atoms with Crippen LogP contribution in [0.15, 0.2) is 53.4 Å². The Morgan fingerprint density at radius 3 is 2.24 bits per heavy atom. The van der Waals surface area contributed by atoms with E-state index in [-0.39, 0.29) is 24.3 Å². The minimum absolute atomic E-state index is 0.0926. The van der Waals surface area contributed by atoms with Crippen molar-refractivity contribution in [2.75, 3.05) is 6.54 Å². The molecule has 0 aliphatic rings. The minimum Gasteiger partial charge on any atom is -0.546 e. The predicted octanol–water partition coefficient (Wildman–Crippen LogP) is 2.69. The molecule has 2 aromatic carbocycles. The van der Waals surface area contributed by atoms with Gasteiger partial charge in [-0.1, -0.05) is 69.7 Å². The molecule has 2 N–H and O–H groups in total. The number of unbranched alkanes of at least 4 members (excludes halogenated alkanes) is 1. The van der Waals surface area contributed by atoms with Crippen LogP contribution >= 0.6 is 0 Å². The Hall–Kier alpha value is -3.91. The first kappa shape index (κ1) is 30.3. The van der Waals surface area contributed by atoms with Gasteiger partial charge >= 0.3 is 6.03 Å². The summed E-state index contributed by atoms with van der Waals surface area (Å²) in [6.45, 7) is 5.44. The first-order valence-electron chi connectivity index (χ1n) is 12.5. The lowest BCUT2D eigenvalue weighted by molar-refractivity contribution is -0.316. The van der Waals surface area contributed by atoms with Crippen LogP contribution in [0.3, 0.4) is 0 Å². The molecule has 0 saturated heterocycles. The number of aliphatic carboxylic acids is 1. The zero-order valence-electron chi connectivity index (χ0n) is 21.8. The summed E-state index contributed by atoms with van der Waals surface area (Å²) in [5.41, 5.74) is -0.700. The third-order valence-electron chi connectivity index (χ3n) is 6.09. The van der Waals surface area contributed by atoms with E-state index in [0.29, 0.717) is 36.1 Å². The van der Waals surface area contributed by atoms with E-state index in [1.54, 1.807) is 48.5 Å². The minimum atomic E-state index is -4.18. The Kier molecular flexibility index (Phi) is 10.8. The van der Waals surface area contributed by atoms with Crippen LogP contribution in [0.4, 0.5) is 4.79 Å². The standard InChI is InChI=1S/C27H34N4O6S/c1-4-7-12-24(32)31(27(6-3,19-28)25(33)34)18-20-13-15-21(16-14-20)22-10-8-9-11-23(22)38(36,37)30-26(35)29-17-5-2/h8-11,13-16H,4-7,12,17-18H2,1-3H3,(H,33,34)(H2,29,30,35)/p-1. The molecule has 0 spiro atoms. The van der Waals surface area contributed by atoms with Gasteiger partial charge in [0.1, 0.15) is 0 Å². The summed E-state index contributed by atoms with van der Waals surface area (Å²) < 4.78 is 27.8. The van der Waals surface area contributed by atoms with E-state index in [1.165, 1.54) is 13.0 Å². The van der Waals surface area contributed by atoms with Gasteiger partial charge in [-0.15, -0.1) is 0 Å². The van der Waals surface area contributed by atoms with Gasteiger partial charge in [-0.2, -0.15) is 5.26 Å². The van der Waals surface area contributed by atoms with Crippen molar-refractivity contribution in [2.24, 2.45) is 0 Å². The zero-order valence-corrected chi connectivity index (χ0v) is 22.6. The number of carbonyl (C=O) groups is 3. The molecule has 38 heavy (non-hydrogen) atoms. The van der Waals surface area contributed by atoms with Crippen LogP contribution in [0.1, 0.15) is 58.4 Å². The summed E-state index contributed by atoms with van der Waals surface area (Å²) in [6.07, 6.45) is 1.86. The van der Waals surface area contributed by atoms with E-state index in [1.807, 2.05) is 18.6 Å². The van der Waals surface area contributed by atoms with Crippen molar-refractivity contribution in [3.8, 4) is 17.2 Å². The van der Waals surface area contributed by atoms with Crippen LogP contribution < -0.4 is 15.1 Å². The number of nitrogens with zero attached hydrogens (tertiary/aromatic N) is 2. The molecule has 204 valence electrons. The summed E-state index contributed by atoms with van der Waals surface area (Å²) in [4.78, 5) is 37.9. The lowest BCUT2D eigenvalue weighted by Gasteiger charge is -2.39. The number of carboxylic acids is 1. The smallest absolute Gasteiger partial charge is 0.328 e. The molecule has 1 atom stereocenters. The van der Waals surface area contributed by atoms with Crippen molar-refractivity contribution in [2.45, 2.75) is 69.9 Å². The first-order valence-corrected chi connectivity index (χ1v) is 14.0. The van der Waals surface area contributed by atoms with Gasteiger partial charge in [-0.25, -0.2) is 17.9 Å². The topological polar surface area (TPSA) is 160 Å². The Labute approximate surface area is 223 Å². The Morgan fingerprint density at radius 1 is 1.03 bits per heavy atom. The Morgan fingerprint density at radius 2 is 1.68 bits per heavy atom. The Balaban J connectivity index is 2.40. The maximum atomic E-state index is 13.0. The molecule has 2 aromatic rings. The van der Waals surface area contributed by atoms with Crippen LogP contribution in [0.5, 0.6) is 0 Å². The second-order valence-corrected chi connectivity index (χ2v) is 10.4. The van der Waals surface area contributed by atoms with Gasteiger partial charge in [0.25, 0.3) is 10.0 Å². The number of nitrogens with one attached hydrogen (secondary N) is 2. The largest absolute Gasteiger partial charge is 0.546 e. The van der Waals surface area contributed by atoms with E-state index in [4.69, 9.17) is 0 Å². The number of sulfonamides is 1. The lowest BCUT2D eigenvalue weighted by Crippen LogP contribution is -2.60. The summed E-state index contributed by atoms with van der Waals surface area (Å²) in [6, 6.07) is 13.7. The highest BCUT2D eigenvalue weighted by Crippen LogP contribution is 2.29. The van der Waals surface area contributed by atoms with Crippen molar-refractivity contribution in [1.82, 2.24) is 14.9 Å². The number of urea groups is 1. The number of hydrogen-bond donors (Lipinski definition) is 2. The second kappa shape index (κ2) is 13.6. The van der Waals surface area contributed by atoms with E-state index in [2.05, 4.69) is 5.32 Å². The molecule has 0 radical (unpaired) electrons. The van der Waals surface area contributed by atoms with Gasteiger partial charge in [0.2, 0.25) is 5.91 Å². The number of nitriles is 1. The molecule has 0 aliphatic carbocycles. The maximum Gasteiger partial charge on any atom is 0.328 e. The molecule has 0 aliphatic heterocycles. The summed E-state index contributed by atoms with van der Waals surface area (Å²) in [7, 11) is -4.18. The second-order valence-electron chi connectivity index (χ2n) is 8.75. The lowest BCUT2D eigenvalue weighted by atomic mass is 9.93. The number of hydrogen-bond acceptors (Lipinski definition) is 7. The van der Waals surface area contributed by atoms with Crippen molar-refractivity contribution in [3.05, 3.63) is 54.1 Å². The van der Waals surface area contributed by atoms with E-state index < -0.39 is 33.5 Å². The molecule has 0 saturated carbocycles. The van der Waals surface area contributed by atoms with E-state index in [9.17, 15) is 33.2 Å². The highest BCUT2D eigenvalue weighted by atomic mass is 32.2. The van der Waals surface area contributed by atoms with E-state index >= 15 is 0 Å². The number of benzene rings is 2. The average Bonchev–Trinajstić information content (AvgIpc) is 2.90. The van der Waals surface area contributed by atoms with Crippen molar-refractivity contribution in [3.63, 3.8) is 0 Å². The molecule has 1 unspecified atom stereocenters. The number of carbonyl (C=O) groups excluding carboxylic acids is 3. The van der Waals surface area contributed by atoms with Crippen molar-refractivity contribution in [1.29, 1.82) is 5.26 Å². The molecule has 0 heterocycles. The summed E-state index contributed by atoms with van der Waals surface area (Å²) >= 11 is 0. The van der Waals surface area contributed by atoms with Crippen LogP contribution in [-0.2, 0) is 26.2 Å². The molecular formula is C27H33N4O6S-. The molecule has 10 nitrogen and oxygen atoms in total. The normalized spacial score (nSPS) is 12.6. The maximum absolute atomic E-state index is 13.0. The fourth-order valence-corrected chi connectivity index (χ4v) is 5.05. The van der Waals surface area contributed by atoms with Gasteiger partial charge in [0, 0.05) is 25.1 Å². The number of rotatable bonds is 13. The molecule has 0 bridgehead atoms. The zero-order chi connectivity index (χ0) is 28.3. The molecule has 0 aromatic heterocycles. The SMILES string of the molecule is CCCCC(=O)N(Cc1ccc(-c2ccccc2S(=O)(=O)NC(=O)NCCC)cc1)C(C#N)(CC)C(=O)[O-]. The summed E-state index contributed by atoms with van der Waals surface area (Å²) in [5.74, 6) is -2.11. The van der Waals surface area contributed by atoms with Crippen LogP contribution in [-0.4, -0.2) is 43.3 Å². The van der Waals surface area contributed by atoms with Crippen LogP contribution in [0, 0.1) is 11.3 Å². The monoisotopic (exact) mass is 541 g/mol. The average molecular weight is 542 g/mol. The molecular weight excluding hydrogens is 508 g/mol. The van der Waals surface area contributed by atoms with Crippen LogP contribution in [0.25, 0.3) is 11.1 Å². The van der Waals surface area contributed by atoms with Gasteiger partial charge in [0.05, 0.1) is 16.9 Å². The molecule has 3 amide bonds. The van der Waals surface area contributed by atoms with Gasteiger partial charge in [-0.3, -0.25) is 4.79 Å². The van der Waals surface area contributed by atoms with Crippen LogP contribution in [0.2, 0.25) is 0 Å². The molecule has 0 fully saturated rings. The number of amides is 3. The first-order chi connectivity index (χ1) is 18.1. The Bertz CT molecular complexity index is 1290. The fraction of sp³-hybridized carbons (Fsp3) is 0.407. The van der Waals surface area contributed by atoms with Gasteiger partial charge < -0.3 is 20.1 Å². The highest BCUT2D eigenvalue weighted by Gasteiger charge is 2.40. The quantitative estimate of drug-likeness (QED) is 0.394. The third kappa shape index (κ3) is 7.10. The summed E-state index contributed by atoms with van der Waals surface area (Å²) in [5, 5.41) is 24.2. The predicted molar refractivity (Wildman–Crippen MR) is 140 cm³/mol. The molecule has 2 rings (SSSR count). The van der Waals surface area contributed by atoms with E-state index in [0.717, 1.165) is 11.3 Å². The van der Waals surface area contributed by atoms with Crippen molar-refractivity contribution < 1.29 is 27.9 Å². The fourth-order valence-electron chi connectivity index (χ4n) is 3.89. The molecule has 11 heteroatoms. The number of carboxylic acid groups (broad SMARTS) is 1. The highest BCUT2D eigenvalue weighted by molar-refractivity contribution is 7.90. The van der Waals surface area contributed by atoms with Gasteiger partial charge in [-0.05, 0) is 36.5 Å².